The van der Waals surface area contributed by atoms with Gasteiger partial charge in [0.2, 0.25) is 0 Å². The normalized spacial score (nSPS) is 24.7. The van der Waals surface area contributed by atoms with Crippen molar-refractivity contribution in [2.45, 2.75) is 25.5 Å². The Morgan fingerprint density at radius 1 is 1.56 bits per heavy atom. The van der Waals surface area contributed by atoms with Gasteiger partial charge >= 0.3 is 0 Å². The first-order valence-electron chi connectivity index (χ1n) is 5.36. The maximum atomic E-state index is 5.90. The summed E-state index contributed by atoms with van der Waals surface area (Å²) in [5.41, 5.74) is 6.54. The van der Waals surface area contributed by atoms with Crippen LogP contribution in [-0.2, 0) is 4.74 Å². The van der Waals surface area contributed by atoms with Crippen molar-refractivity contribution in [1.29, 1.82) is 0 Å². The third-order valence-electron chi connectivity index (χ3n) is 3.04. The Bertz CT molecular complexity index is 385. The molecule has 5 heteroatoms. The van der Waals surface area contributed by atoms with Crippen LogP contribution in [-0.4, -0.2) is 30.8 Å². The summed E-state index contributed by atoms with van der Waals surface area (Å²) in [6.45, 7) is 2.85. The van der Waals surface area contributed by atoms with Gasteiger partial charge < -0.3 is 15.4 Å². The molecule has 0 aromatic carbocycles. The molecule has 2 rings (SSSR count). The van der Waals surface area contributed by atoms with Crippen LogP contribution in [0.4, 0.5) is 11.5 Å². The first-order chi connectivity index (χ1) is 7.59. The number of aromatic nitrogens is 1. The molecule has 2 N–H and O–H groups in total. The number of hydrogen-bond acceptors (Lipinski definition) is 4. The van der Waals surface area contributed by atoms with Crippen molar-refractivity contribution in [2.24, 2.45) is 0 Å². The SMILES string of the molecule is CC1OCCC1N(C)c1nc(Cl)ccc1N. The van der Waals surface area contributed by atoms with Crippen molar-refractivity contribution >= 4 is 23.1 Å². The van der Waals surface area contributed by atoms with E-state index in [1.54, 1.807) is 12.1 Å². The van der Waals surface area contributed by atoms with E-state index < -0.39 is 0 Å². The average molecular weight is 242 g/mol. The van der Waals surface area contributed by atoms with Gasteiger partial charge in [-0.1, -0.05) is 11.6 Å². The van der Waals surface area contributed by atoms with Crippen LogP contribution < -0.4 is 10.6 Å². The van der Waals surface area contributed by atoms with Crippen molar-refractivity contribution in [1.82, 2.24) is 4.98 Å². The van der Waals surface area contributed by atoms with E-state index in [1.165, 1.54) is 0 Å². The molecule has 1 fully saturated rings. The lowest BCUT2D eigenvalue weighted by atomic mass is 10.1. The van der Waals surface area contributed by atoms with Crippen LogP contribution >= 0.6 is 11.6 Å². The minimum Gasteiger partial charge on any atom is -0.396 e. The van der Waals surface area contributed by atoms with Crippen molar-refractivity contribution in [2.75, 3.05) is 24.3 Å². The van der Waals surface area contributed by atoms with E-state index in [0.717, 1.165) is 18.8 Å². The summed E-state index contributed by atoms with van der Waals surface area (Å²) in [4.78, 5) is 6.32. The van der Waals surface area contributed by atoms with Crippen LogP contribution in [0.3, 0.4) is 0 Å². The second-order valence-corrected chi connectivity index (χ2v) is 4.48. The van der Waals surface area contributed by atoms with E-state index in [1.807, 2.05) is 7.05 Å². The molecule has 1 aliphatic heterocycles. The quantitative estimate of drug-likeness (QED) is 0.804. The molecule has 0 saturated carbocycles. The van der Waals surface area contributed by atoms with E-state index in [-0.39, 0.29) is 6.10 Å². The zero-order chi connectivity index (χ0) is 11.7. The van der Waals surface area contributed by atoms with Crippen LogP contribution in [0.2, 0.25) is 5.15 Å². The van der Waals surface area contributed by atoms with E-state index in [9.17, 15) is 0 Å². The number of nitrogens with two attached hydrogens (primary N) is 1. The number of ether oxygens (including phenoxy) is 1. The first-order valence-corrected chi connectivity index (χ1v) is 5.74. The highest BCUT2D eigenvalue weighted by Gasteiger charge is 2.29. The minimum absolute atomic E-state index is 0.199. The number of pyridine rings is 1. The molecule has 1 saturated heterocycles. The Morgan fingerprint density at radius 3 is 2.94 bits per heavy atom. The predicted molar refractivity (Wildman–Crippen MR) is 65.9 cm³/mol. The maximum absolute atomic E-state index is 5.90. The summed E-state index contributed by atoms with van der Waals surface area (Å²) in [6.07, 6.45) is 1.19. The van der Waals surface area contributed by atoms with Gasteiger partial charge in [0.25, 0.3) is 0 Å². The summed E-state index contributed by atoms with van der Waals surface area (Å²) >= 11 is 5.88. The smallest absolute Gasteiger partial charge is 0.153 e. The average Bonchev–Trinajstić information content (AvgIpc) is 2.67. The first kappa shape index (κ1) is 11.5. The van der Waals surface area contributed by atoms with Crippen LogP contribution in [0.25, 0.3) is 0 Å². The van der Waals surface area contributed by atoms with Crippen LogP contribution in [0.5, 0.6) is 0 Å². The van der Waals surface area contributed by atoms with E-state index in [4.69, 9.17) is 22.1 Å². The molecule has 2 heterocycles. The van der Waals surface area contributed by atoms with Gasteiger partial charge in [-0.05, 0) is 25.5 Å². The topological polar surface area (TPSA) is 51.4 Å². The lowest BCUT2D eigenvalue weighted by molar-refractivity contribution is 0.118. The number of nitrogen functional groups attached to an aromatic ring is 1. The van der Waals surface area contributed by atoms with Gasteiger partial charge in [-0.2, -0.15) is 0 Å². The molecule has 16 heavy (non-hydrogen) atoms. The van der Waals surface area contributed by atoms with Gasteiger partial charge in [0.1, 0.15) is 5.15 Å². The van der Waals surface area contributed by atoms with Crippen LogP contribution in [0, 0.1) is 0 Å². The molecular formula is C11H16ClN3O. The van der Waals surface area contributed by atoms with Gasteiger partial charge in [0.05, 0.1) is 17.8 Å². The number of hydrogen-bond donors (Lipinski definition) is 1. The lowest BCUT2D eigenvalue weighted by Crippen LogP contribution is -2.37. The maximum Gasteiger partial charge on any atom is 0.153 e. The molecule has 2 atom stereocenters. The Morgan fingerprint density at radius 2 is 2.31 bits per heavy atom. The second-order valence-electron chi connectivity index (χ2n) is 4.09. The van der Waals surface area contributed by atoms with Crippen molar-refractivity contribution in [3.05, 3.63) is 17.3 Å². The minimum atomic E-state index is 0.199. The number of rotatable bonds is 2. The molecule has 0 aliphatic carbocycles. The number of likely N-dealkylation sites (N-methyl/N-ethyl adjacent to an activating group) is 1. The standard InChI is InChI=1S/C11H16ClN3O/c1-7-9(5-6-16-7)15(2)11-8(13)3-4-10(12)14-11/h3-4,7,9H,5-6,13H2,1-2H3. The number of halogens is 1. The van der Waals surface area contributed by atoms with Gasteiger partial charge in [0.15, 0.2) is 5.82 Å². The summed E-state index contributed by atoms with van der Waals surface area (Å²) in [5, 5.41) is 0.461. The summed E-state index contributed by atoms with van der Waals surface area (Å²) in [6, 6.07) is 3.79. The summed E-state index contributed by atoms with van der Waals surface area (Å²) in [7, 11) is 1.98. The van der Waals surface area contributed by atoms with E-state index >= 15 is 0 Å². The van der Waals surface area contributed by atoms with E-state index in [0.29, 0.717) is 16.9 Å². The third kappa shape index (κ3) is 2.08. The molecule has 1 aromatic heterocycles. The van der Waals surface area contributed by atoms with Crippen LogP contribution in [0.15, 0.2) is 12.1 Å². The van der Waals surface area contributed by atoms with Crippen molar-refractivity contribution in [3.63, 3.8) is 0 Å². The summed E-state index contributed by atoms with van der Waals surface area (Å²) in [5.74, 6) is 0.731. The fraction of sp³-hybridized carbons (Fsp3) is 0.545. The molecule has 1 aromatic rings. The van der Waals surface area contributed by atoms with Gasteiger partial charge in [-0.25, -0.2) is 4.98 Å². The molecule has 4 nitrogen and oxygen atoms in total. The number of nitrogens with zero attached hydrogens (tertiary/aromatic N) is 2. The zero-order valence-corrected chi connectivity index (χ0v) is 10.2. The van der Waals surface area contributed by atoms with Gasteiger partial charge in [-0.3, -0.25) is 0 Å². The molecule has 0 radical (unpaired) electrons. The fourth-order valence-corrected chi connectivity index (χ4v) is 2.25. The highest BCUT2D eigenvalue weighted by Crippen LogP contribution is 2.28. The monoisotopic (exact) mass is 241 g/mol. The fourth-order valence-electron chi connectivity index (χ4n) is 2.10. The Balaban J connectivity index is 2.25. The van der Waals surface area contributed by atoms with Gasteiger partial charge in [0, 0.05) is 13.7 Å². The molecule has 2 unspecified atom stereocenters. The number of anilines is 2. The Kier molecular flexibility index (Phi) is 3.21. The molecule has 88 valence electrons. The Labute approximate surface area is 100 Å². The predicted octanol–water partition coefficient (Wildman–Crippen LogP) is 1.93. The zero-order valence-electron chi connectivity index (χ0n) is 9.48. The van der Waals surface area contributed by atoms with E-state index in [2.05, 4.69) is 16.8 Å². The summed E-state index contributed by atoms with van der Waals surface area (Å²) < 4.78 is 5.53. The highest BCUT2D eigenvalue weighted by atomic mass is 35.5. The molecule has 0 bridgehead atoms. The highest BCUT2D eigenvalue weighted by molar-refractivity contribution is 6.29. The molecule has 0 spiro atoms. The van der Waals surface area contributed by atoms with Gasteiger partial charge in [-0.15, -0.1) is 0 Å². The van der Waals surface area contributed by atoms with Crippen molar-refractivity contribution < 1.29 is 4.74 Å². The lowest BCUT2D eigenvalue weighted by Gasteiger charge is -2.28. The van der Waals surface area contributed by atoms with Crippen LogP contribution in [0.1, 0.15) is 13.3 Å². The second kappa shape index (κ2) is 4.47. The largest absolute Gasteiger partial charge is 0.396 e. The third-order valence-corrected chi connectivity index (χ3v) is 3.25. The Hall–Kier alpha value is -1.00. The molecular weight excluding hydrogens is 226 g/mol. The molecule has 1 aliphatic rings. The molecule has 0 amide bonds. The van der Waals surface area contributed by atoms with Crippen molar-refractivity contribution in [3.8, 4) is 0 Å².